The molecule has 0 aliphatic rings. The van der Waals surface area contributed by atoms with Gasteiger partial charge in [0.25, 0.3) is 5.91 Å². The number of halogens is 2. The van der Waals surface area contributed by atoms with Crippen molar-refractivity contribution in [3.05, 3.63) is 64.4 Å². The average Bonchev–Trinajstić information content (AvgIpc) is 2.48. The van der Waals surface area contributed by atoms with E-state index in [-0.39, 0.29) is 10.9 Å². The van der Waals surface area contributed by atoms with Crippen LogP contribution in [-0.2, 0) is 6.54 Å². The minimum absolute atomic E-state index is 0.100. The molecule has 2 rings (SSSR count). The summed E-state index contributed by atoms with van der Waals surface area (Å²) >= 11 is 5.73. The molecule has 0 saturated carbocycles. The third kappa shape index (κ3) is 3.48. The Kier molecular flexibility index (Phi) is 4.58. The van der Waals surface area contributed by atoms with Gasteiger partial charge in [0.1, 0.15) is 5.82 Å². The lowest BCUT2D eigenvalue weighted by atomic mass is 10.1. The van der Waals surface area contributed by atoms with E-state index in [1.54, 1.807) is 37.4 Å². The molecule has 3 nitrogen and oxygen atoms in total. The monoisotopic (exact) mass is 292 g/mol. The van der Waals surface area contributed by atoms with Gasteiger partial charge >= 0.3 is 0 Å². The van der Waals surface area contributed by atoms with Crippen LogP contribution in [0.4, 0.5) is 10.1 Å². The summed E-state index contributed by atoms with van der Waals surface area (Å²) in [5.41, 5.74) is 2.25. The normalized spacial score (nSPS) is 10.2. The number of carbonyl (C=O) groups is 1. The summed E-state index contributed by atoms with van der Waals surface area (Å²) in [6.45, 7) is 0.497. The maximum Gasteiger partial charge on any atom is 0.251 e. The van der Waals surface area contributed by atoms with Crippen LogP contribution in [0.2, 0.25) is 5.02 Å². The van der Waals surface area contributed by atoms with Gasteiger partial charge in [-0.3, -0.25) is 4.79 Å². The second-order valence-electron chi connectivity index (χ2n) is 4.26. The Morgan fingerprint density at radius 1 is 1.25 bits per heavy atom. The molecule has 0 atom stereocenters. The molecule has 0 aromatic heterocycles. The summed E-state index contributed by atoms with van der Waals surface area (Å²) in [5.74, 6) is -0.574. The van der Waals surface area contributed by atoms with Crippen LogP contribution in [0.25, 0.3) is 0 Å². The molecule has 0 fully saturated rings. The first kappa shape index (κ1) is 14.3. The lowest BCUT2D eigenvalue weighted by Gasteiger charge is -2.08. The summed E-state index contributed by atoms with van der Waals surface area (Å²) in [5, 5.41) is 5.84. The summed E-state index contributed by atoms with van der Waals surface area (Å²) in [7, 11) is 1.59. The van der Waals surface area contributed by atoms with E-state index in [9.17, 15) is 9.18 Å². The number of amides is 1. The first-order valence-corrected chi connectivity index (χ1v) is 6.48. The Morgan fingerprint density at radius 2 is 2.05 bits per heavy atom. The van der Waals surface area contributed by atoms with Gasteiger partial charge in [0.2, 0.25) is 0 Å². The Balaban J connectivity index is 2.07. The van der Waals surface area contributed by atoms with Crippen molar-refractivity contribution in [2.75, 3.05) is 12.4 Å². The predicted octanol–water partition coefficient (Wildman–Crippen LogP) is 3.45. The number of benzene rings is 2. The van der Waals surface area contributed by atoms with Gasteiger partial charge in [0.05, 0.1) is 5.02 Å². The minimum atomic E-state index is -0.433. The Labute approximate surface area is 121 Å². The Bertz CT molecular complexity index is 631. The highest BCUT2D eigenvalue weighted by atomic mass is 35.5. The molecule has 0 aliphatic heterocycles. The average molecular weight is 293 g/mol. The van der Waals surface area contributed by atoms with E-state index >= 15 is 0 Å². The van der Waals surface area contributed by atoms with E-state index in [1.165, 1.54) is 6.07 Å². The van der Waals surface area contributed by atoms with E-state index in [4.69, 9.17) is 11.6 Å². The molecule has 2 aromatic rings. The molecular weight excluding hydrogens is 279 g/mol. The number of hydrogen-bond acceptors (Lipinski definition) is 2. The van der Waals surface area contributed by atoms with Gasteiger partial charge in [-0.05, 0) is 35.9 Å². The van der Waals surface area contributed by atoms with Crippen LogP contribution in [0.5, 0.6) is 0 Å². The molecule has 5 heteroatoms. The smallest absolute Gasteiger partial charge is 0.251 e. The van der Waals surface area contributed by atoms with Crippen LogP contribution >= 0.6 is 11.6 Å². The van der Waals surface area contributed by atoms with Gasteiger partial charge in [0, 0.05) is 24.8 Å². The van der Waals surface area contributed by atoms with Crippen molar-refractivity contribution in [3.8, 4) is 0 Å². The van der Waals surface area contributed by atoms with Gasteiger partial charge < -0.3 is 10.6 Å². The first-order valence-electron chi connectivity index (χ1n) is 6.10. The van der Waals surface area contributed by atoms with E-state index in [1.807, 2.05) is 6.07 Å². The van der Waals surface area contributed by atoms with E-state index < -0.39 is 5.82 Å². The zero-order valence-corrected chi connectivity index (χ0v) is 11.7. The Hall–Kier alpha value is -2.07. The van der Waals surface area contributed by atoms with Crippen molar-refractivity contribution in [1.82, 2.24) is 5.32 Å². The Morgan fingerprint density at radius 3 is 2.75 bits per heavy atom. The molecule has 104 valence electrons. The second-order valence-corrected chi connectivity index (χ2v) is 4.67. The van der Waals surface area contributed by atoms with Gasteiger partial charge in [-0.1, -0.05) is 23.7 Å². The summed E-state index contributed by atoms with van der Waals surface area (Å²) < 4.78 is 13.0. The molecule has 2 aromatic carbocycles. The lowest BCUT2D eigenvalue weighted by Crippen LogP contribution is -2.17. The fraction of sp³-hybridized carbons (Fsp3) is 0.133. The van der Waals surface area contributed by atoms with E-state index in [0.717, 1.165) is 11.3 Å². The quantitative estimate of drug-likeness (QED) is 0.906. The van der Waals surface area contributed by atoms with Crippen molar-refractivity contribution in [3.63, 3.8) is 0 Å². The molecule has 0 radical (unpaired) electrons. The fourth-order valence-corrected chi connectivity index (χ4v) is 1.97. The zero-order valence-electron chi connectivity index (χ0n) is 10.9. The van der Waals surface area contributed by atoms with Crippen LogP contribution < -0.4 is 10.6 Å². The largest absolute Gasteiger partial charge is 0.381 e. The molecule has 0 saturated heterocycles. The number of rotatable bonds is 4. The summed E-state index contributed by atoms with van der Waals surface area (Å²) in [6.07, 6.45) is 0. The molecule has 2 N–H and O–H groups in total. The van der Waals surface area contributed by atoms with Gasteiger partial charge in [-0.2, -0.15) is 0 Å². The summed E-state index contributed by atoms with van der Waals surface area (Å²) in [6, 6.07) is 11.7. The van der Waals surface area contributed by atoms with Crippen LogP contribution in [0.1, 0.15) is 15.9 Å². The molecule has 0 aliphatic carbocycles. The van der Waals surface area contributed by atoms with Crippen molar-refractivity contribution >= 4 is 23.2 Å². The van der Waals surface area contributed by atoms with Crippen molar-refractivity contribution in [2.24, 2.45) is 0 Å². The van der Waals surface area contributed by atoms with Crippen molar-refractivity contribution < 1.29 is 9.18 Å². The SMILES string of the molecule is CNC(=O)c1cccc(NCc2ccc(F)c(Cl)c2)c1. The maximum absolute atomic E-state index is 13.0. The second kappa shape index (κ2) is 6.39. The zero-order chi connectivity index (χ0) is 14.5. The molecule has 1 amide bonds. The number of anilines is 1. The van der Waals surface area contributed by atoms with Crippen LogP contribution in [0, 0.1) is 5.82 Å². The van der Waals surface area contributed by atoms with Crippen LogP contribution in [-0.4, -0.2) is 13.0 Å². The van der Waals surface area contributed by atoms with E-state index in [0.29, 0.717) is 12.1 Å². The number of carbonyl (C=O) groups excluding carboxylic acids is 1. The predicted molar refractivity (Wildman–Crippen MR) is 78.6 cm³/mol. The molecule has 20 heavy (non-hydrogen) atoms. The standard InChI is InChI=1S/C15H14ClFN2O/c1-18-15(20)11-3-2-4-12(8-11)19-9-10-5-6-14(17)13(16)7-10/h2-8,19H,9H2,1H3,(H,18,20). The van der Waals surface area contributed by atoms with Gasteiger partial charge in [0.15, 0.2) is 0 Å². The van der Waals surface area contributed by atoms with Crippen molar-refractivity contribution in [1.29, 1.82) is 0 Å². The first-order chi connectivity index (χ1) is 9.60. The lowest BCUT2D eigenvalue weighted by molar-refractivity contribution is 0.0963. The van der Waals surface area contributed by atoms with Crippen molar-refractivity contribution in [2.45, 2.75) is 6.54 Å². The molecule has 0 spiro atoms. The molecule has 0 heterocycles. The number of hydrogen-bond donors (Lipinski definition) is 2. The topological polar surface area (TPSA) is 41.1 Å². The van der Waals surface area contributed by atoms with Crippen LogP contribution in [0.15, 0.2) is 42.5 Å². The molecule has 0 bridgehead atoms. The number of nitrogens with one attached hydrogen (secondary N) is 2. The molecular formula is C15H14ClFN2O. The highest BCUT2D eigenvalue weighted by Gasteiger charge is 2.04. The minimum Gasteiger partial charge on any atom is -0.381 e. The highest BCUT2D eigenvalue weighted by Crippen LogP contribution is 2.17. The third-order valence-electron chi connectivity index (χ3n) is 2.83. The van der Waals surface area contributed by atoms with Gasteiger partial charge in [-0.15, -0.1) is 0 Å². The maximum atomic E-state index is 13.0. The van der Waals surface area contributed by atoms with Crippen LogP contribution in [0.3, 0.4) is 0 Å². The third-order valence-corrected chi connectivity index (χ3v) is 3.12. The fourth-order valence-electron chi connectivity index (χ4n) is 1.77. The molecule has 0 unspecified atom stereocenters. The van der Waals surface area contributed by atoms with Gasteiger partial charge in [-0.25, -0.2) is 4.39 Å². The van der Waals surface area contributed by atoms with E-state index in [2.05, 4.69) is 10.6 Å². The highest BCUT2D eigenvalue weighted by molar-refractivity contribution is 6.30. The summed E-state index contributed by atoms with van der Waals surface area (Å²) in [4.78, 5) is 11.5.